The first-order valence-electron chi connectivity index (χ1n) is 10.9. The molecule has 0 amide bonds. The highest BCUT2D eigenvalue weighted by atomic mass is 32.2. The van der Waals surface area contributed by atoms with Crippen LogP contribution in [0.1, 0.15) is 58.4 Å². The molecule has 0 aliphatic heterocycles. The molecule has 1 unspecified atom stereocenters. The summed E-state index contributed by atoms with van der Waals surface area (Å²) in [6.07, 6.45) is -1.76. The van der Waals surface area contributed by atoms with Gasteiger partial charge in [0.1, 0.15) is 4.75 Å². The van der Waals surface area contributed by atoms with Crippen molar-refractivity contribution in [2.75, 3.05) is 0 Å². The van der Waals surface area contributed by atoms with Crippen LogP contribution in [0, 0.1) is 11.6 Å². The van der Waals surface area contributed by atoms with Gasteiger partial charge in [-0.3, -0.25) is 4.98 Å². The maximum Gasteiger partial charge on any atom is 0.270 e. The fraction of sp³-hybridized carbons (Fsp3) is 0.542. The SMILES string of the molecule is CC(C)(C)[S+]([O-])N[C@@](c1ccc(F)c(F)c1)(c1ccc(CO[Si](C)(C)C(C)(C)C)cn1)C(F)F. The Hall–Kier alpha value is -1.46. The first kappa shape index (κ1) is 28.8. The molecular formula is C24H34F4N2O2SSi. The molecule has 0 saturated heterocycles. The largest absolute Gasteiger partial charge is 0.598 e. The number of halogens is 4. The van der Waals surface area contributed by atoms with Gasteiger partial charge in [-0.2, -0.15) is 0 Å². The summed E-state index contributed by atoms with van der Waals surface area (Å²) in [4.78, 5) is 4.24. The third-order valence-corrected chi connectivity index (χ3v) is 12.2. The molecule has 0 radical (unpaired) electrons. The number of rotatable bonds is 8. The normalized spacial score (nSPS) is 15.9. The molecule has 0 spiro atoms. The van der Waals surface area contributed by atoms with E-state index in [1.807, 2.05) is 0 Å². The molecule has 2 rings (SSSR count). The van der Waals surface area contributed by atoms with E-state index < -0.39 is 48.0 Å². The molecule has 34 heavy (non-hydrogen) atoms. The van der Waals surface area contributed by atoms with Gasteiger partial charge < -0.3 is 8.98 Å². The highest BCUT2D eigenvalue weighted by Gasteiger charge is 2.51. The highest BCUT2D eigenvalue weighted by Crippen LogP contribution is 2.39. The summed E-state index contributed by atoms with van der Waals surface area (Å²) in [7, 11) is -2.04. The molecule has 1 heterocycles. The summed E-state index contributed by atoms with van der Waals surface area (Å²) in [5.41, 5.74) is -2.19. The summed E-state index contributed by atoms with van der Waals surface area (Å²) >= 11 is -1.98. The van der Waals surface area contributed by atoms with Gasteiger partial charge in [-0.15, -0.1) is 4.72 Å². The first-order chi connectivity index (χ1) is 15.4. The van der Waals surface area contributed by atoms with Crippen molar-refractivity contribution in [1.82, 2.24) is 9.71 Å². The summed E-state index contributed by atoms with van der Waals surface area (Å²) < 4.78 is 77.9. The lowest BCUT2D eigenvalue weighted by atomic mass is 9.87. The van der Waals surface area contributed by atoms with E-state index in [4.69, 9.17) is 4.43 Å². The fourth-order valence-electron chi connectivity index (χ4n) is 2.81. The van der Waals surface area contributed by atoms with E-state index in [1.54, 1.807) is 26.8 Å². The Morgan fingerprint density at radius 1 is 1.03 bits per heavy atom. The van der Waals surface area contributed by atoms with Crippen LogP contribution in [0.4, 0.5) is 17.6 Å². The third kappa shape index (κ3) is 6.20. The van der Waals surface area contributed by atoms with Crippen LogP contribution in [0.2, 0.25) is 18.1 Å². The van der Waals surface area contributed by atoms with Gasteiger partial charge in [0.25, 0.3) is 6.43 Å². The fourth-order valence-corrected chi connectivity index (χ4v) is 4.68. The summed E-state index contributed by atoms with van der Waals surface area (Å²) in [6, 6.07) is 5.49. The zero-order chi connectivity index (χ0) is 26.1. The predicted molar refractivity (Wildman–Crippen MR) is 130 cm³/mol. The van der Waals surface area contributed by atoms with E-state index in [0.717, 1.165) is 12.1 Å². The number of nitrogens with one attached hydrogen (secondary N) is 1. The Morgan fingerprint density at radius 3 is 2.09 bits per heavy atom. The molecule has 2 atom stereocenters. The van der Waals surface area contributed by atoms with Crippen molar-refractivity contribution in [3.8, 4) is 0 Å². The third-order valence-electron chi connectivity index (χ3n) is 6.15. The number of hydrogen-bond acceptors (Lipinski definition) is 4. The highest BCUT2D eigenvalue weighted by molar-refractivity contribution is 7.90. The minimum Gasteiger partial charge on any atom is -0.598 e. The number of alkyl halides is 2. The number of nitrogens with zero attached hydrogens (tertiary/aromatic N) is 1. The van der Waals surface area contributed by atoms with Crippen molar-refractivity contribution in [2.45, 2.75) is 83.0 Å². The van der Waals surface area contributed by atoms with Crippen molar-refractivity contribution in [2.24, 2.45) is 0 Å². The Bertz CT molecular complexity index is 978. The molecule has 4 nitrogen and oxygen atoms in total. The Labute approximate surface area is 204 Å². The lowest BCUT2D eigenvalue weighted by Crippen LogP contribution is -2.56. The van der Waals surface area contributed by atoms with Crippen LogP contribution in [-0.4, -0.2) is 29.0 Å². The van der Waals surface area contributed by atoms with E-state index >= 15 is 0 Å². The van der Waals surface area contributed by atoms with Crippen LogP contribution in [0.3, 0.4) is 0 Å². The minimum atomic E-state index is -3.18. The van der Waals surface area contributed by atoms with Crippen molar-refractivity contribution < 1.29 is 26.5 Å². The van der Waals surface area contributed by atoms with Gasteiger partial charge in [0, 0.05) is 17.6 Å². The molecule has 1 aromatic carbocycles. The summed E-state index contributed by atoms with van der Waals surface area (Å²) in [5.74, 6) is -2.46. The van der Waals surface area contributed by atoms with E-state index in [2.05, 4.69) is 43.6 Å². The molecule has 1 N–H and O–H groups in total. The zero-order valence-corrected chi connectivity index (χ0v) is 22.7. The van der Waals surface area contributed by atoms with E-state index in [0.29, 0.717) is 11.6 Å². The lowest BCUT2D eigenvalue weighted by Gasteiger charge is -2.37. The van der Waals surface area contributed by atoms with Crippen LogP contribution >= 0.6 is 0 Å². The quantitative estimate of drug-likeness (QED) is 0.248. The molecule has 0 fully saturated rings. The Morgan fingerprint density at radius 2 is 1.65 bits per heavy atom. The number of benzene rings is 1. The minimum absolute atomic E-state index is 0.00120. The first-order valence-corrected chi connectivity index (χ1v) is 15.0. The van der Waals surface area contributed by atoms with Gasteiger partial charge in [-0.1, -0.05) is 32.9 Å². The maximum absolute atomic E-state index is 14.8. The van der Waals surface area contributed by atoms with E-state index in [-0.39, 0.29) is 22.9 Å². The molecule has 2 aromatic rings. The van der Waals surface area contributed by atoms with E-state index in [9.17, 15) is 22.1 Å². The molecule has 0 aliphatic carbocycles. The van der Waals surface area contributed by atoms with Crippen LogP contribution in [0.5, 0.6) is 0 Å². The van der Waals surface area contributed by atoms with Crippen molar-refractivity contribution in [3.05, 3.63) is 65.0 Å². The van der Waals surface area contributed by atoms with Gasteiger partial charge in [0.2, 0.25) is 0 Å². The van der Waals surface area contributed by atoms with E-state index in [1.165, 1.54) is 12.3 Å². The van der Waals surface area contributed by atoms with Crippen molar-refractivity contribution in [3.63, 3.8) is 0 Å². The van der Waals surface area contributed by atoms with Crippen molar-refractivity contribution in [1.29, 1.82) is 0 Å². The molecular weight excluding hydrogens is 484 g/mol. The maximum atomic E-state index is 14.8. The molecule has 1 aromatic heterocycles. The van der Waals surface area contributed by atoms with Gasteiger partial charge >= 0.3 is 0 Å². The second kappa shape index (κ2) is 10.3. The van der Waals surface area contributed by atoms with Gasteiger partial charge in [0.15, 0.2) is 25.5 Å². The molecule has 190 valence electrons. The molecule has 0 bridgehead atoms. The number of hydrogen-bond donors (Lipinski definition) is 1. The molecule has 10 heteroatoms. The second-order valence-corrected chi connectivity index (χ2v) is 17.6. The topological polar surface area (TPSA) is 57.2 Å². The zero-order valence-electron chi connectivity index (χ0n) is 20.9. The standard InChI is InChI=1S/C24H34F4N2O2SSi/c1-22(2,3)33(31)30-24(21(27)28,17-10-11-18(25)19(26)13-17)20-12-9-16(14-29-20)15-32-34(7,8)23(4,5)6/h9-14,21,30H,15H2,1-8H3/t24-,33?/m0/s1. The molecule has 0 saturated carbocycles. The second-order valence-electron chi connectivity index (χ2n) is 10.8. The summed E-state index contributed by atoms with van der Waals surface area (Å²) in [6.45, 7) is 15.7. The van der Waals surface area contributed by atoms with Gasteiger partial charge in [-0.05, 0) is 68.2 Å². The lowest BCUT2D eigenvalue weighted by molar-refractivity contribution is 0.0617. The Balaban J connectivity index is 2.53. The smallest absolute Gasteiger partial charge is 0.270 e. The average molecular weight is 519 g/mol. The van der Waals surface area contributed by atoms with Crippen LogP contribution in [0.25, 0.3) is 0 Å². The van der Waals surface area contributed by atoms with Gasteiger partial charge in [0.05, 0.1) is 12.3 Å². The van der Waals surface area contributed by atoms with Crippen LogP contribution in [0.15, 0.2) is 36.5 Å². The van der Waals surface area contributed by atoms with Crippen LogP contribution in [-0.2, 0) is 27.9 Å². The van der Waals surface area contributed by atoms with Gasteiger partial charge in [-0.25, -0.2) is 17.6 Å². The number of pyridine rings is 1. The monoisotopic (exact) mass is 518 g/mol. The summed E-state index contributed by atoms with van der Waals surface area (Å²) in [5, 5.41) is -0.00120. The number of aromatic nitrogens is 1. The molecule has 0 aliphatic rings. The predicted octanol–water partition coefficient (Wildman–Crippen LogP) is 6.44. The average Bonchev–Trinajstić information content (AvgIpc) is 2.71. The van der Waals surface area contributed by atoms with Crippen molar-refractivity contribution >= 4 is 19.7 Å². The van der Waals surface area contributed by atoms with Crippen LogP contribution < -0.4 is 4.72 Å². The Kier molecular flexibility index (Phi) is 8.68.